The number of ether oxygens (including phenoxy) is 1. The molecular formula is C6H7NO3S. The highest BCUT2D eigenvalue weighted by Crippen LogP contribution is 2.16. The Morgan fingerprint density at radius 3 is 3.09 bits per heavy atom. The lowest BCUT2D eigenvalue weighted by Gasteiger charge is -2.03. The zero-order chi connectivity index (χ0) is 8.27. The van der Waals surface area contributed by atoms with E-state index < -0.39 is 12.1 Å². The van der Waals surface area contributed by atoms with Crippen molar-refractivity contribution in [3.63, 3.8) is 0 Å². The van der Waals surface area contributed by atoms with Crippen molar-refractivity contribution in [2.75, 3.05) is 7.11 Å². The molecular weight excluding hydrogens is 166 g/mol. The Morgan fingerprint density at radius 1 is 1.91 bits per heavy atom. The first-order valence-corrected chi connectivity index (χ1v) is 3.69. The Hall–Kier alpha value is -0.940. The Balaban J connectivity index is 2.70. The molecule has 0 aromatic carbocycles. The van der Waals surface area contributed by atoms with Gasteiger partial charge >= 0.3 is 5.97 Å². The number of carbonyl (C=O) groups is 1. The van der Waals surface area contributed by atoms with Crippen LogP contribution in [-0.4, -0.2) is 22.6 Å². The van der Waals surface area contributed by atoms with Crippen LogP contribution in [0.4, 0.5) is 0 Å². The third-order valence-electron chi connectivity index (χ3n) is 1.15. The third kappa shape index (κ3) is 1.75. The molecule has 0 fully saturated rings. The van der Waals surface area contributed by atoms with E-state index in [0.29, 0.717) is 4.88 Å². The lowest BCUT2D eigenvalue weighted by molar-refractivity contribution is -0.150. The first kappa shape index (κ1) is 8.16. The number of esters is 1. The Morgan fingerprint density at radius 2 is 2.64 bits per heavy atom. The number of methoxy groups -OCH3 is 1. The van der Waals surface area contributed by atoms with Gasteiger partial charge in [0.15, 0.2) is 6.10 Å². The minimum Gasteiger partial charge on any atom is -0.467 e. The third-order valence-corrected chi connectivity index (χ3v) is 1.95. The van der Waals surface area contributed by atoms with Gasteiger partial charge in [-0.2, -0.15) is 0 Å². The quantitative estimate of drug-likeness (QED) is 0.655. The fourth-order valence-corrected chi connectivity index (χ4v) is 1.16. The van der Waals surface area contributed by atoms with Gasteiger partial charge in [0.05, 0.1) is 12.0 Å². The number of rotatable bonds is 2. The van der Waals surface area contributed by atoms with E-state index in [1.165, 1.54) is 13.3 Å². The van der Waals surface area contributed by atoms with Crippen molar-refractivity contribution in [2.45, 2.75) is 6.10 Å². The molecule has 1 aromatic rings. The van der Waals surface area contributed by atoms with Gasteiger partial charge in [0, 0.05) is 6.20 Å². The van der Waals surface area contributed by atoms with Crippen LogP contribution in [0.5, 0.6) is 0 Å². The van der Waals surface area contributed by atoms with E-state index in [1.54, 1.807) is 6.07 Å². The fraction of sp³-hybridized carbons (Fsp3) is 0.333. The van der Waals surface area contributed by atoms with Crippen LogP contribution in [0.3, 0.4) is 0 Å². The number of aromatic nitrogens is 1. The van der Waals surface area contributed by atoms with Crippen molar-refractivity contribution in [3.8, 4) is 0 Å². The fourth-order valence-electron chi connectivity index (χ4n) is 0.594. The maximum atomic E-state index is 10.7. The van der Waals surface area contributed by atoms with E-state index in [2.05, 4.69) is 9.11 Å². The van der Waals surface area contributed by atoms with Crippen LogP contribution >= 0.6 is 11.5 Å². The van der Waals surface area contributed by atoms with Crippen molar-refractivity contribution in [3.05, 3.63) is 17.1 Å². The molecule has 0 saturated heterocycles. The highest BCUT2D eigenvalue weighted by atomic mass is 32.1. The molecule has 0 aliphatic heterocycles. The van der Waals surface area contributed by atoms with Gasteiger partial charge in [0.2, 0.25) is 0 Å². The molecule has 0 aliphatic carbocycles. The molecule has 0 bridgehead atoms. The molecule has 1 heterocycles. The van der Waals surface area contributed by atoms with Crippen LogP contribution in [0, 0.1) is 0 Å². The van der Waals surface area contributed by atoms with Crippen LogP contribution in [0.1, 0.15) is 11.0 Å². The summed E-state index contributed by atoms with van der Waals surface area (Å²) in [4.78, 5) is 11.2. The largest absolute Gasteiger partial charge is 0.467 e. The summed E-state index contributed by atoms with van der Waals surface area (Å²) < 4.78 is 8.06. The second kappa shape index (κ2) is 3.45. The molecule has 1 atom stereocenters. The van der Waals surface area contributed by atoms with Gasteiger partial charge in [-0.15, -0.1) is 0 Å². The highest BCUT2D eigenvalue weighted by Gasteiger charge is 2.18. The summed E-state index contributed by atoms with van der Waals surface area (Å²) in [5.41, 5.74) is 0. The highest BCUT2D eigenvalue weighted by molar-refractivity contribution is 7.05. The number of aliphatic hydroxyl groups is 1. The molecule has 0 radical (unpaired) electrons. The summed E-state index contributed by atoms with van der Waals surface area (Å²) in [5.74, 6) is -0.658. The van der Waals surface area contributed by atoms with Gasteiger partial charge in [-0.1, -0.05) is 0 Å². The van der Waals surface area contributed by atoms with Gasteiger partial charge in [0.25, 0.3) is 0 Å². The van der Waals surface area contributed by atoms with E-state index in [0.717, 1.165) is 11.5 Å². The summed E-state index contributed by atoms with van der Waals surface area (Å²) in [6.07, 6.45) is 0.333. The predicted molar refractivity (Wildman–Crippen MR) is 39.1 cm³/mol. The number of hydrogen-bond acceptors (Lipinski definition) is 5. The van der Waals surface area contributed by atoms with E-state index >= 15 is 0 Å². The molecule has 11 heavy (non-hydrogen) atoms. The molecule has 1 N–H and O–H groups in total. The summed E-state index contributed by atoms with van der Waals surface area (Å²) in [6, 6.07) is 1.58. The standard InChI is InChI=1S/C6H7NO3S/c1-10-6(9)5(8)4-2-3-7-11-4/h2-3,5,8H,1H3. The second-order valence-electron chi connectivity index (χ2n) is 1.84. The Bertz CT molecular complexity index is 234. The molecule has 0 aliphatic rings. The summed E-state index contributed by atoms with van der Waals surface area (Å²) >= 11 is 1.07. The summed E-state index contributed by atoms with van der Waals surface area (Å²) in [7, 11) is 1.23. The van der Waals surface area contributed by atoms with E-state index in [-0.39, 0.29) is 0 Å². The average molecular weight is 173 g/mol. The van der Waals surface area contributed by atoms with Gasteiger partial charge < -0.3 is 9.84 Å². The van der Waals surface area contributed by atoms with Gasteiger partial charge in [-0.25, -0.2) is 9.17 Å². The maximum absolute atomic E-state index is 10.7. The number of nitrogens with zero attached hydrogens (tertiary/aromatic N) is 1. The van der Waals surface area contributed by atoms with E-state index in [4.69, 9.17) is 0 Å². The maximum Gasteiger partial charge on any atom is 0.340 e. The first-order chi connectivity index (χ1) is 5.25. The lowest BCUT2D eigenvalue weighted by atomic mass is 10.3. The Kier molecular flexibility index (Phi) is 2.56. The summed E-state index contributed by atoms with van der Waals surface area (Å²) in [6.45, 7) is 0. The molecule has 1 unspecified atom stereocenters. The zero-order valence-corrected chi connectivity index (χ0v) is 6.67. The van der Waals surface area contributed by atoms with Crippen molar-refractivity contribution >= 4 is 17.5 Å². The normalized spacial score (nSPS) is 12.5. The molecule has 4 nitrogen and oxygen atoms in total. The van der Waals surface area contributed by atoms with Gasteiger partial charge in [-0.3, -0.25) is 0 Å². The molecule has 60 valence electrons. The van der Waals surface area contributed by atoms with E-state index in [9.17, 15) is 9.90 Å². The number of carbonyl (C=O) groups excluding carboxylic acids is 1. The average Bonchev–Trinajstić information content (AvgIpc) is 2.53. The molecule has 1 rings (SSSR count). The van der Waals surface area contributed by atoms with Crippen LogP contribution in [-0.2, 0) is 9.53 Å². The minimum absolute atomic E-state index is 0.497. The summed E-state index contributed by atoms with van der Waals surface area (Å²) in [5, 5.41) is 9.17. The van der Waals surface area contributed by atoms with Crippen molar-refractivity contribution in [1.82, 2.24) is 4.37 Å². The number of aliphatic hydroxyl groups excluding tert-OH is 1. The van der Waals surface area contributed by atoms with Crippen molar-refractivity contribution < 1.29 is 14.6 Å². The van der Waals surface area contributed by atoms with Crippen LogP contribution in [0.2, 0.25) is 0 Å². The SMILES string of the molecule is COC(=O)C(O)c1ccns1. The topological polar surface area (TPSA) is 59.4 Å². The predicted octanol–water partition coefficient (Wildman–Crippen LogP) is 0.349. The van der Waals surface area contributed by atoms with Gasteiger partial charge in [0.1, 0.15) is 0 Å². The smallest absolute Gasteiger partial charge is 0.340 e. The zero-order valence-electron chi connectivity index (χ0n) is 5.85. The second-order valence-corrected chi connectivity index (χ2v) is 2.71. The van der Waals surface area contributed by atoms with Crippen LogP contribution in [0.25, 0.3) is 0 Å². The first-order valence-electron chi connectivity index (χ1n) is 2.92. The molecule has 0 amide bonds. The Labute approximate surface area is 67.6 Å². The molecule has 0 spiro atoms. The lowest BCUT2D eigenvalue weighted by Crippen LogP contribution is -2.11. The van der Waals surface area contributed by atoms with Crippen molar-refractivity contribution in [1.29, 1.82) is 0 Å². The van der Waals surface area contributed by atoms with Crippen LogP contribution in [0.15, 0.2) is 12.3 Å². The van der Waals surface area contributed by atoms with Gasteiger partial charge in [-0.05, 0) is 17.6 Å². The molecule has 1 aromatic heterocycles. The minimum atomic E-state index is -1.19. The monoisotopic (exact) mass is 173 g/mol. The number of hydrogen-bond donors (Lipinski definition) is 1. The van der Waals surface area contributed by atoms with Crippen molar-refractivity contribution in [2.24, 2.45) is 0 Å². The van der Waals surface area contributed by atoms with Crippen LogP contribution < -0.4 is 0 Å². The molecule has 0 saturated carbocycles. The molecule has 5 heteroatoms. The van der Waals surface area contributed by atoms with E-state index in [1.807, 2.05) is 0 Å².